The predicted octanol–water partition coefficient (Wildman–Crippen LogP) is 2.48. The molecule has 0 spiro atoms. The van der Waals surface area contributed by atoms with Crippen LogP contribution in [-0.4, -0.2) is 9.55 Å². The van der Waals surface area contributed by atoms with Crippen LogP contribution in [0.2, 0.25) is 5.02 Å². The summed E-state index contributed by atoms with van der Waals surface area (Å²) in [6.07, 6.45) is 3.70. The second-order valence-corrected chi connectivity index (χ2v) is 3.86. The van der Waals surface area contributed by atoms with Crippen LogP contribution >= 0.6 is 11.6 Å². The van der Waals surface area contributed by atoms with E-state index in [-0.39, 0.29) is 0 Å². The maximum Gasteiger partial charge on any atom is 0.105 e. The molecule has 0 unspecified atom stereocenters. The average Bonchev–Trinajstić information content (AvgIpc) is 2.58. The molecule has 0 fully saturated rings. The number of anilines is 1. The molecule has 4 heteroatoms. The van der Waals surface area contributed by atoms with E-state index in [0.717, 1.165) is 22.1 Å². The van der Waals surface area contributed by atoms with E-state index in [1.807, 2.05) is 29.8 Å². The lowest BCUT2D eigenvalue weighted by Gasteiger charge is -2.07. The minimum Gasteiger partial charge on any atom is -0.399 e. The Morgan fingerprint density at radius 3 is 2.93 bits per heavy atom. The lowest BCUT2D eigenvalue weighted by molar-refractivity contribution is 0.762. The molecule has 0 amide bonds. The van der Waals surface area contributed by atoms with Crippen molar-refractivity contribution in [2.45, 2.75) is 13.5 Å². The van der Waals surface area contributed by atoms with E-state index in [4.69, 9.17) is 17.3 Å². The first kappa shape index (κ1) is 10.1. The molecule has 0 bridgehead atoms. The number of imidazole rings is 1. The number of aryl methyl sites for hydroxylation is 1. The molecule has 15 heavy (non-hydrogen) atoms. The summed E-state index contributed by atoms with van der Waals surface area (Å²) in [4.78, 5) is 4.15. The molecular formula is C11H12ClN3. The van der Waals surface area contributed by atoms with Gasteiger partial charge in [0.25, 0.3) is 0 Å². The van der Waals surface area contributed by atoms with Crippen LogP contribution in [0.25, 0.3) is 0 Å². The van der Waals surface area contributed by atoms with Crippen LogP contribution < -0.4 is 5.73 Å². The highest BCUT2D eigenvalue weighted by Gasteiger charge is 2.03. The molecule has 0 radical (unpaired) electrons. The summed E-state index contributed by atoms with van der Waals surface area (Å²) in [6.45, 7) is 2.66. The molecule has 0 aliphatic carbocycles. The molecule has 0 aliphatic rings. The Hall–Kier alpha value is -1.48. The van der Waals surface area contributed by atoms with E-state index < -0.39 is 0 Å². The molecule has 1 aromatic heterocycles. The van der Waals surface area contributed by atoms with Crippen LogP contribution in [0.15, 0.2) is 30.6 Å². The first-order valence-electron chi connectivity index (χ1n) is 4.68. The van der Waals surface area contributed by atoms with Crippen molar-refractivity contribution < 1.29 is 0 Å². The van der Waals surface area contributed by atoms with Crippen molar-refractivity contribution in [3.8, 4) is 0 Å². The Balaban J connectivity index is 2.32. The van der Waals surface area contributed by atoms with E-state index in [9.17, 15) is 0 Å². The van der Waals surface area contributed by atoms with Gasteiger partial charge in [-0.3, -0.25) is 0 Å². The third-order valence-electron chi connectivity index (χ3n) is 2.33. The average molecular weight is 222 g/mol. The van der Waals surface area contributed by atoms with Gasteiger partial charge in [0.1, 0.15) is 5.82 Å². The van der Waals surface area contributed by atoms with Gasteiger partial charge >= 0.3 is 0 Å². The summed E-state index contributed by atoms with van der Waals surface area (Å²) in [5, 5.41) is 0.734. The van der Waals surface area contributed by atoms with Crippen molar-refractivity contribution in [3.63, 3.8) is 0 Å². The van der Waals surface area contributed by atoms with Gasteiger partial charge in [-0.05, 0) is 30.7 Å². The SMILES string of the molecule is Cc1nccn1Cc1cc(N)ccc1Cl. The van der Waals surface area contributed by atoms with Crippen LogP contribution in [0, 0.1) is 6.92 Å². The Morgan fingerprint density at radius 1 is 1.47 bits per heavy atom. The summed E-state index contributed by atoms with van der Waals surface area (Å²) >= 11 is 6.08. The van der Waals surface area contributed by atoms with Gasteiger partial charge in [0.05, 0.1) is 6.54 Å². The highest BCUT2D eigenvalue weighted by atomic mass is 35.5. The minimum atomic E-state index is 0.704. The van der Waals surface area contributed by atoms with Crippen LogP contribution in [0.5, 0.6) is 0 Å². The van der Waals surface area contributed by atoms with Crippen molar-refractivity contribution in [2.24, 2.45) is 0 Å². The zero-order valence-electron chi connectivity index (χ0n) is 8.44. The number of nitrogens with two attached hydrogens (primary N) is 1. The van der Waals surface area contributed by atoms with Crippen molar-refractivity contribution in [1.82, 2.24) is 9.55 Å². The predicted molar refractivity (Wildman–Crippen MR) is 61.9 cm³/mol. The summed E-state index contributed by atoms with van der Waals surface area (Å²) in [5.41, 5.74) is 7.45. The van der Waals surface area contributed by atoms with Gasteiger partial charge in [0, 0.05) is 23.1 Å². The number of aromatic nitrogens is 2. The fourth-order valence-corrected chi connectivity index (χ4v) is 1.65. The third kappa shape index (κ3) is 2.13. The maximum atomic E-state index is 6.08. The van der Waals surface area contributed by atoms with Gasteiger partial charge in [-0.2, -0.15) is 0 Å². The van der Waals surface area contributed by atoms with E-state index in [1.165, 1.54) is 0 Å². The molecule has 0 saturated carbocycles. The van der Waals surface area contributed by atoms with Crippen LogP contribution in [0.1, 0.15) is 11.4 Å². The molecular weight excluding hydrogens is 210 g/mol. The first-order chi connectivity index (χ1) is 7.16. The number of halogens is 1. The zero-order valence-corrected chi connectivity index (χ0v) is 9.20. The number of benzene rings is 1. The van der Waals surface area contributed by atoms with Gasteiger partial charge in [-0.25, -0.2) is 4.98 Å². The number of rotatable bonds is 2. The second kappa shape index (κ2) is 3.95. The second-order valence-electron chi connectivity index (χ2n) is 3.45. The van der Waals surface area contributed by atoms with Crippen molar-refractivity contribution in [1.29, 1.82) is 0 Å². The normalized spacial score (nSPS) is 10.5. The highest BCUT2D eigenvalue weighted by Crippen LogP contribution is 2.20. The van der Waals surface area contributed by atoms with E-state index in [2.05, 4.69) is 4.98 Å². The third-order valence-corrected chi connectivity index (χ3v) is 2.70. The fraction of sp³-hybridized carbons (Fsp3) is 0.182. The van der Waals surface area contributed by atoms with Crippen LogP contribution in [0.4, 0.5) is 5.69 Å². The molecule has 0 saturated heterocycles. The minimum absolute atomic E-state index is 0.704. The van der Waals surface area contributed by atoms with Crippen molar-refractivity contribution in [3.05, 3.63) is 47.0 Å². The summed E-state index contributed by atoms with van der Waals surface area (Å²) in [5.74, 6) is 0.966. The number of nitrogen functional groups attached to an aromatic ring is 1. The van der Waals surface area contributed by atoms with Gasteiger partial charge < -0.3 is 10.3 Å². The van der Waals surface area contributed by atoms with Crippen molar-refractivity contribution >= 4 is 17.3 Å². The maximum absolute atomic E-state index is 6.08. The van der Waals surface area contributed by atoms with Gasteiger partial charge in [-0.15, -0.1) is 0 Å². The lowest BCUT2D eigenvalue weighted by atomic mass is 10.2. The monoisotopic (exact) mass is 221 g/mol. The fourth-order valence-electron chi connectivity index (χ4n) is 1.47. The van der Waals surface area contributed by atoms with E-state index in [1.54, 1.807) is 12.3 Å². The van der Waals surface area contributed by atoms with E-state index >= 15 is 0 Å². The van der Waals surface area contributed by atoms with Gasteiger partial charge in [0.2, 0.25) is 0 Å². The molecule has 2 aromatic rings. The standard InChI is InChI=1S/C11H12ClN3/c1-8-14-4-5-15(8)7-9-6-10(13)2-3-11(9)12/h2-6H,7,13H2,1H3. The quantitative estimate of drug-likeness (QED) is 0.792. The molecule has 0 aliphatic heterocycles. The summed E-state index contributed by atoms with van der Waals surface area (Å²) in [7, 11) is 0. The molecule has 1 heterocycles. The number of hydrogen-bond acceptors (Lipinski definition) is 2. The zero-order chi connectivity index (χ0) is 10.8. The highest BCUT2D eigenvalue weighted by molar-refractivity contribution is 6.31. The molecule has 3 nitrogen and oxygen atoms in total. The van der Waals surface area contributed by atoms with Crippen LogP contribution in [0.3, 0.4) is 0 Å². The Kier molecular flexibility index (Phi) is 2.64. The number of hydrogen-bond donors (Lipinski definition) is 1. The summed E-state index contributed by atoms with van der Waals surface area (Å²) < 4.78 is 2.03. The molecule has 2 rings (SSSR count). The van der Waals surface area contributed by atoms with Crippen LogP contribution in [-0.2, 0) is 6.54 Å². The van der Waals surface area contributed by atoms with Gasteiger partial charge in [-0.1, -0.05) is 11.6 Å². The summed E-state index contributed by atoms with van der Waals surface area (Å²) in [6, 6.07) is 5.51. The lowest BCUT2D eigenvalue weighted by Crippen LogP contribution is -2.02. The first-order valence-corrected chi connectivity index (χ1v) is 5.06. The smallest absolute Gasteiger partial charge is 0.105 e. The molecule has 1 aromatic carbocycles. The van der Waals surface area contributed by atoms with E-state index in [0.29, 0.717) is 6.54 Å². The Morgan fingerprint density at radius 2 is 2.27 bits per heavy atom. The Labute approximate surface area is 93.5 Å². The largest absolute Gasteiger partial charge is 0.399 e. The molecule has 0 atom stereocenters. The van der Waals surface area contributed by atoms with Gasteiger partial charge in [0.15, 0.2) is 0 Å². The molecule has 2 N–H and O–H groups in total. The van der Waals surface area contributed by atoms with Crippen molar-refractivity contribution in [2.75, 3.05) is 5.73 Å². The molecule has 78 valence electrons. The Bertz CT molecular complexity index is 476. The number of nitrogens with zero attached hydrogens (tertiary/aromatic N) is 2. The topological polar surface area (TPSA) is 43.8 Å².